The van der Waals surface area contributed by atoms with Gasteiger partial charge in [-0.05, 0) is 44.0 Å². The topological polar surface area (TPSA) is 72.6 Å². The number of ether oxygens (including phenoxy) is 1. The molecule has 1 aromatic heterocycles. The van der Waals surface area contributed by atoms with Crippen molar-refractivity contribution in [3.63, 3.8) is 0 Å². The predicted octanol–water partition coefficient (Wildman–Crippen LogP) is 5.98. The SMILES string of the molecule is CCOc1ccc(-c2oc(CCCCCCC(=O)O)nc2-c2ccccc2)cc1. The number of hydrogen-bond acceptors (Lipinski definition) is 4. The van der Waals surface area contributed by atoms with E-state index in [9.17, 15) is 4.79 Å². The van der Waals surface area contributed by atoms with Crippen LogP contribution in [0.2, 0.25) is 0 Å². The Morgan fingerprint density at radius 3 is 2.38 bits per heavy atom. The van der Waals surface area contributed by atoms with Gasteiger partial charge in [-0.25, -0.2) is 4.98 Å². The lowest BCUT2D eigenvalue weighted by Gasteiger charge is -2.05. The van der Waals surface area contributed by atoms with Gasteiger partial charge >= 0.3 is 5.97 Å². The Morgan fingerprint density at radius 1 is 0.966 bits per heavy atom. The van der Waals surface area contributed by atoms with E-state index in [1.54, 1.807) is 0 Å². The molecule has 5 nitrogen and oxygen atoms in total. The van der Waals surface area contributed by atoms with Crippen molar-refractivity contribution in [1.29, 1.82) is 0 Å². The lowest BCUT2D eigenvalue weighted by Crippen LogP contribution is -1.94. The number of carbonyl (C=O) groups is 1. The fourth-order valence-electron chi connectivity index (χ4n) is 3.23. The van der Waals surface area contributed by atoms with Crippen LogP contribution < -0.4 is 4.74 Å². The van der Waals surface area contributed by atoms with Crippen LogP contribution in [0.15, 0.2) is 59.0 Å². The third-order valence-electron chi connectivity index (χ3n) is 4.68. The highest BCUT2D eigenvalue weighted by molar-refractivity contribution is 5.77. The Hall–Kier alpha value is -3.08. The van der Waals surface area contributed by atoms with Crippen LogP contribution in [-0.2, 0) is 11.2 Å². The van der Waals surface area contributed by atoms with E-state index >= 15 is 0 Å². The van der Waals surface area contributed by atoms with Crippen molar-refractivity contribution in [1.82, 2.24) is 4.98 Å². The minimum absolute atomic E-state index is 0.235. The molecule has 2 aromatic carbocycles. The molecule has 0 aliphatic carbocycles. The molecule has 0 bridgehead atoms. The second kappa shape index (κ2) is 10.5. The molecule has 0 saturated heterocycles. The van der Waals surface area contributed by atoms with Crippen LogP contribution in [0.5, 0.6) is 5.75 Å². The van der Waals surface area contributed by atoms with Crippen molar-refractivity contribution >= 4 is 5.97 Å². The number of aryl methyl sites for hydroxylation is 1. The van der Waals surface area contributed by atoms with Crippen LogP contribution in [-0.4, -0.2) is 22.7 Å². The van der Waals surface area contributed by atoms with E-state index < -0.39 is 5.97 Å². The summed E-state index contributed by atoms with van der Waals surface area (Å²) in [4.78, 5) is 15.4. The smallest absolute Gasteiger partial charge is 0.303 e. The summed E-state index contributed by atoms with van der Waals surface area (Å²) in [7, 11) is 0. The number of aromatic nitrogens is 1. The molecular weight excluding hydrogens is 366 g/mol. The molecule has 0 aliphatic heterocycles. The molecule has 0 spiro atoms. The van der Waals surface area contributed by atoms with Crippen molar-refractivity contribution in [2.24, 2.45) is 0 Å². The first-order valence-electron chi connectivity index (χ1n) is 10.2. The Bertz CT molecular complexity index is 900. The van der Waals surface area contributed by atoms with Gasteiger partial charge in [-0.2, -0.15) is 0 Å². The van der Waals surface area contributed by atoms with E-state index in [4.69, 9.17) is 19.2 Å². The minimum Gasteiger partial charge on any atom is -0.494 e. The highest BCUT2D eigenvalue weighted by Crippen LogP contribution is 2.34. The number of oxazole rings is 1. The lowest BCUT2D eigenvalue weighted by atomic mass is 10.1. The van der Waals surface area contributed by atoms with Crippen LogP contribution in [0.4, 0.5) is 0 Å². The zero-order chi connectivity index (χ0) is 20.5. The van der Waals surface area contributed by atoms with Crippen LogP contribution in [0.3, 0.4) is 0 Å². The molecule has 0 radical (unpaired) electrons. The standard InChI is InChI=1S/C24H27NO4/c1-2-28-20-16-14-19(15-17-20)24-23(18-10-6-5-7-11-18)25-21(29-24)12-8-3-4-9-13-22(26)27/h5-7,10-11,14-17H,2-4,8-9,12-13H2,1H3,(H,26,27). The monoisotopic (exact) mass is 393 g/mol. The van der Waals surface area contributed by atoms with E-state index in [0.29, 0.717) is 18.9 Å². The highest BCUT2D eigenvalue weighted by atomic mass is 16.5. The van der Waals surface area contributed by atoms with Crippen LogP contribution in [0.25, 0.3) is 22.6 Å². The summed E-state index contributed by atoms with van der Waals surface area (Å²) < 4.78 is 11.7. The molecule has 152 valence electrons. The maximum Gasteiger partial charge on any atom is 0.303 e. The first-order valence-corrected chi connectivity index (χ1v) is 10.2. The van der Waals surface area contributed by atoms with E-state index in [2.05, 4.69) is 0 Å². The Morgan fingerprint density at radius 2 is 1.69 bits per heavy atom. The molecule has 3 rings (SSSR count). The first kappa shape index (κ1) is 20.6. The van der Waals surface area contributed by atoms with Crippen molar-refractivity contribution in [3.8, 4) is 28.3 Å². The number of carboxylic acid groups (broad SMARTS) is 1. The van der Waals surface area contributed by atoms with E-state index in [-0.39, 0.29) is 6.42 Å². The number of rotatable bonds is 11. The molecule has 0 aliphatic rings. The third-order valence-corrected chi connectivity index (χ3v) is 4.68. The number of carboxylic acids is 1. The van der Waals surface area contributed by atoms with Crippen molar-refractivity contribution in [2.75, 3.05) is 6.61 Å². The second-order valence-electron chi connectivity index (χ2n) is 6.92. The van der Waals surface area contributed by atoms with Gasteiger partial charge in [-0.1, -0.05) is 43.2 Å². The third kappa shape index (κ3) is 5.95. The van der Waals surface area contributed by atoms with Gasteiger partial charge in [0.2, 0.25) is 0 Å². The second-order valence-corrected chi connectivity index (χ2v) is 6.92. The number of unbranched alkanes of at least 4 members (excludes halogenated alkanes) is 3. The molecular formula is C24H27NO4. The average Bonchev–Trinajstić information content (AvgIpc) is 3.16. The number of hydrogen-bond donors (Lipinski definition) is 1. The van der Waals surface area contributed by atoms with E-state index in [0.717, 1.165) is 54.0 Å². The maximum atomic E-state index is 10.6. The highest BCUT2D eigenvalue weighted by Gasteiger charge is 2.17. The molecule has 1 N–H and O–H groups in total. The molecule has 3 aromatic rings. The zero-order valence-corrected chi connectivity index (χ0v) is 16.8. The normalized spacial score (nSPS) is 10.8. The summed E-state index contributed by atoms with van der Waals surface area (Å²) in [5, 5.41) is 8.71. The van der Waals surface area contributed by atoms with Crippen LogP contribution in [0.1, 0.15) is 44.9 Å². The van der Waals surface area contributed by atoms with Gasteiger partial charge in [0.1, 0.15) is 11.4 Å². The summed E-state index contributed by atoms with van der Waals surface area (Å²) in [6.45, 7) is 2.60. The average molecular weight is 393 g/mol. The molecule has 1 heterocycles. The minimum atomic E-state index is -0.731. The van der Waals surface area contributed by atoms with Gasteiger partial charge in [0.15, 0.2) is 11.7 Å². The van der Waals surface area contributed by atoms with Gasteiger partial charge in [-0.3, -0.25) is 4.79 Å². The van der Waals surface area contributed by atoms with Gasteiger partial charge < -0.3 is 14.3 Å². The fourth-order valence-corrected chi connectivity index (χ4v) is 3.23. The summed E-state index contributed by atoms with van der Waals surface area (Å²) >= 11 is 0. The lowest BCUT2D eigenvalue weighted by molar-refractivity contribution is -0.137. The number of nitrogens with zero attached hydrogens (tertiary/aromatic N) is 1. The van der Waals surface area contributed by atoms with Gasteiger partial charge in [-0.15, -0.1) is 0 Å². The van der Waals surface area contributed by atoms with Crippen LogP contribution in [0, 0.1) is 0 Å². The predicted molar refractivity (Wildman–Crippen MR) is 113 cm³/mol. The first-order chi connectivity index (χ1) is 14.2. The maximum absolute atomic E-state index is 10.6. The Balaban J connectivity index is 1.75. The summed E-state index contributed by atoms with van der Waals surface area (Å²) in [6, 6.07) is 17.9. The van der Waals surface area contributed by atoms with Gasteiger partial charge in [0.05, 0.1) is 6.61 Å². The number of aliphatic carboxylic acids is 1. The van der Waals surface area contributed by atoms with Crippen molar-refractivity contribution < 1.29 is 19.1 Å². The molecule has 29 heavy (non-hydrogen) atoms. The molecule has 0 fully saturated rings. The molecule has 5 heteroatoms. The summed E-state index contributed by atoms with van der Waals surface area (Å²) in [5.74, 6) is 1.58. The van der Waals surface area contributed by atoms with Gasteiger partial charge in [0.25, 0.3) is 0 Å². The Labute approximate surface area is 171 Å². The molecule has 0 saturated carbocycles. The molecule has 0 amide bonds. The summed E-state index contributed by atoms with van der Waals surface area (Å²) in [6.07, 6.45) is 4.49. The quantitative estimate of drug-likeness (QED) is 0.405. The van der Waals surface area contributed by atoms with Crippen molar-refractivity contribution in [2.45, 2.75) is 45.4 Å². The molecule has 0 unspecified atom stereocenters. The van der Waals surface area contributed by atoms with E-state index in [1.807, 2.05) is 61.5 Å². The van der Waals surface area contributed by atoms with Crippen molar-refractivity contribution in [3.05, 3.63) is 60.5 Å². The Kier molecular flexibility index (Phi) is 7.45. The zero-order valence-electron chi connectivity index (χ0n) is 16.8. The van der Waals surface area contributed by atoms with E-state index in [1.165, 1.54) is 0 Å². The van der Waals surface area contributed by atoms with Crippen LogP contribution >= 0.6 is 0 Å². The fraction of sp³-hybridized carbons (Fsp3) is 0.333. The largest absolute Gasteiger partial charge is 0.494 e. The molecule has 0 atom stereocenters. The summed E-state index contributed by atoms with van der Waals surface area (Å²) in [5.41, 5.74) is 2.83. The number of benzene rings is 2. The van der Waals surface area contributed by atoms with Gasteiger partial charge in [0, 0.05) is 24.0 Å².